The Labute approximate surface area is 108 Å². The molecule has 0 bridgehead atoms. The molecule has 1 fully saturated rings. The monoisotopic (exact) mass is 250 g/mol. The molecule has 0 aliphatic heterocycles. The Bertz CT molecular complexity index is 359. The van der Waals surface area contributed by atoms with Crippen molar-refractivity contribution in [2.75, 3.05) is 7.11 Å². The van der Waals surface area contributed by atoms with Crippen LogP contribution in [0.1, 0.15) is 50.8 Å². The van der Waals surface area contributed by atoms with Gasteiger partial charge in [-0.15, -0.1) is 10.2 Å². The van der Waals surface area contributed by atoms with Crippen molar-refractivity contribution < 1.29 is 9.84 Å². The van der Waals surface area contributed by atoms with Gasteiger partial charge in [0.25, 0.3) is 0 Å². The third-order valence-corrected chi connectivity index (χ3v) is 4.09. The molecule has 1 unspecified atom stereocenters. The summed E-state index contributed by atoms with van der Waals surface area (Å²) < 4.78 is 4.97. The Morgan fingerprint density at radius 3 is 2.50 bits per heavy atom. The van der Waals surface area contributed by atoms with E-state index in [-0.39, 0.29) is 0 Å². The van der Waals surface area contributed by atoms with Gasteiger partial charge in [0.1, 0.15) is 6.10 Å². The van der Waals surface area contributed by atoms with Crippen molar-refractivity contribution in [3.63, 3.8) is 0 Å². The standard InChI is InChI=1S/C14H22N2O2/c1-3-10-4-6-11(7-5-10)14(17)12-8-9-13(18-2)16-15-12/h8-11,14,17H,3-7H2,1-2H3. The first-order valence-electron chi connectivity index (χ1n) is 6.80. The number of aliphatic hydroxyl groups is 1. The van der Waals surface area contributed by atoms with Gasteiger partial charge in [-0.2, -0.15) is 0 Å². The number of hydrogen-bond donors (Lipinski definition) is 1. The number of methoxy groups -OCH3 is 1. The molecule has 1 heterocycles. The van der Waals surface area contributed by atoms with Crippen molar-refractivity contribution in [2.24, 2.45) is 11.8 Å². The van der Waals surface area contributed by atoms with E-state index in [0.29, 0.717) is 17.5 Å². The molecule has 0 spiro atoms. The molecular weight excluding hydrogens is 228 g/mol. The molecule has 0 saturated heterocycles. The summed E-state index contributed by atoms with van der Waals surface area (Å²) in [5, 5.41) is 18.3. The fraction of sp³-hybridized carbons (Fsp3) is 0.714. The van der Waals surface area contributed by atoms with E-state index in [1.54, 1.807) is 13.2 Å². The highest BCUT2D eigenvalue weighted by Gasteiger charge is 2.27. The van der Waals surface area contributed by atoms with Gasteiger partial charge in [-0.1, -0.05) is 26.2 Å². The number of hydrogen-bond acceptors (Lipinski definition) is 4. The number of rotatable bonds is 4. The quantitative estimate of drug-likeness (QED) is 0.892. The first kappa shape index (κ1) is 13.3. The van der Waals surface area contributed by atoms with Crippen LogP contribution in [-0.2, 0) is 0 Å². The molecule has 0 radical (unpaired) electrons. The van der Waals surface area contributed by atoms with Crippen LogP contribution in [0.5, 0.6) is 5.88 Å². The molecule has 4 heteroatoms. The van der Waals surface area contributed by atoms with Crippen molar-refractivity contribution in [2.45, 2.75) is 45.1 Å². The zero-order valence-electron chi connectivity index (χ0n) is 11.2. The smallest absolute Gasteiger partial charge is 0.233 e. The van der Waals surface area contributed by atoms with E-state index in [4.69, 9.17) is 4.74 Å². The zero-order valence-corrected chi connectivity index (χ0v) is 11.2. The summed E-state index contributed by atoms with van der Waals surface area (Å²) in [5.74, 6) is 1.66. The maximum Gasteiger partial charge on any atom is 0.233 e. The molecule has 1 N–H and O–H groups in total. The summed E-state index contributed by atoms with van der Waals surface area (Å²) >= 11 is 0. The normalized spacial score (nSPS) is 25.7. The minimum Gasteiger partial charge on any atom is -0.480 e. The molecule has 1 aliphatic rings. The summed E-state index contributed by atoms with van der Waals surface area (Å²) in [6.07, 6.45) is 5.40. The number of aliphatic hydroxyl groups excluding tert-OH is 1. The Morgan fingerprint density at radius 1 is 1.28 bits per heavy atom. The number of ether oxygens (including phenoxy) is 1. The molecule has 4 nitrogen and oxygen atoms in total. The first-order chi connectivity index (χ1) is 8.74. The molecule has 0 aromatic carbocycles. The Morgan fingerprint density at radius 2 is 2.00 bits per heavy atom. The molecule has 2 rings (SSSR count). The maximum atomic E-state index is 10.3. The van der Waals surface area contributed by atoms with Crippen LogP contribution in [0, 0.1) is 11.8 Å². The average Bonchev–Trinajstić information content (AvgIpc) is 2.47. The van der Waals surface area contributed by atoms with Crippen LogP contribution in [0.2, 0.25) is 0 Å². The van der Waals surface area contributed by atoms with Gasteiger partial charge in [0, 0.05) is 6.07 Å². The van der Waals surface area contributed by atoms with Gasteiger partial charge < -0.3 is 9.84 Å². The summed E-state index contributed by atoms with van der Waals surface area (Å²) in [6.45, 7) is 2.25. The lowest BCUT2D eigenvalue weighted by Gasteiger charge is -2.30. The fourth-order valence-corrected chi connectivity index (χ4v) is 2.75. The van der Waals surface area contributed by atoms with Crippen LogP contribution in [0.4, 0.5) is 0 Å². The second-order valence-electron chi connectivity index (χ2n) is 5.13. The van der Waals surface area contributed by atoms with Crippen molar-refractivity contribution in [3.05, 3.63) is 17.8 Å². The molecule has 1 aromatic heterocycles. The van der Waals surface area contributed by atoms with Crippen LogP contribution >= 0.6 is 0 Å². The van der Waals surface area contributed by atoms with Gasteiger partial charge in [0.2, 0.25) is 5.88 Å². The number of aromatic nitrogens is 2. The molecule has 100 valence electrons. The van der Waals surface area contributed by atoms with E-state index in [1.807, 2.05) is 6.07 Å². The summed E-state index contributed by atoms with van der Waals surface area (Å²) in [7, 11) is 1.56. The van der Waals surface area contributed by atoms with Crippen LogP contribution in [0.3, 0.4) is 0 Å². The second-order valence-corrected chi connectivity index (χ2v) is 5.13. The van der Waals surface area contributed by atoms with E-state index >= 15 is 0 Å². The predicted molar refractivity (Wildman–Crippen MR) is 69.3 cm³/mol. The van der Waals surface area contributed by atoms with Gasteiger partial charge in [0.15, 0.2) is 0 Å². The predicted octanol–water partition coefficient (Wildman–Crippen LogP) is 2.74. The maximum absolute atomic E-state index is 10.3. The Hall–Kier alpha value is -1.16. The minimum absolute atomic E-state index is 0.329. The van der Waals surface area contributed by atoms with Crippen molar-refractivity contribution in [3.8, 4) is 5.88 Å². The lowest BCUT2D eigenvalue weighted by molar-refractivity contribution is 0.0687. The highest BCUT2D eigenvalue weighted by atomic mass is 16.5. The molecule has 1 saturated carbocycles. The van der Waals surface area contributed by atoms with Crippen LogP contribution in [0.15, 0.2) is 12.1 Å². The molecular formula is C14H22N2O2. The van der Waals surface area contributed by atoms with Crippen LogP contribution in [-0.4, -0.2) is 22.4 Å². The van der Waals surface area contributed by atoms with Gasteiger partial charge in [-0.05, 0) is 30.7 Å². The van der Waals surface area contributed by atoms with Crippen LogP contribution in [0.25, 0.3) is 0 Å². The van der Waals surface area contributed by atoms with E-state index in [1.165, 1.54) is 19.3 Å². The highest BCUT2D eigenvalue weighted by molar-refractivity contribution is 5.13. The van der Waals surface area contributed by atoms with E-state index in [2.05, 4.69) is 17.1 Å². The highest BCUT2D eigenvalue weighted by Crippen LogP contribution is 2.37. The van der Waals surface area contributed by atoms with Crippen LogP contribution < -0.4 is 4.74 Å². The lowest BCUT2D eigenvalue weighted by atomic mass is 9.78. The number of nitrogens with zero attached hydrogens (tertiary/aromatic N) is 2. The van der Waals surface area contributed by atoms with Crippen molar-refractivity contribution in [1.29, 1.82) is 0 Å². The Balaban J connectivity index is 1.96. The zero-order chi connectivity index (χ0) is 13.0. The summed E-state index contributed by atoms with van der Waals surface area (Å²) in [4.78, 5) is 0. The fourth-order valence-electron chi connectivity index (χ4n) is 2.75. The molecule has 18 heavy (non-hydrogen) atoms. The molecule has 1 aromatic rings. The Kier molecular flexibility index (Phi) is 4.53. The van der Waals surface area contributed by atoms with Crippen molar-refractivity contribution in [1.82, 2.24) is 10.2 Å². The minimum atomic E-state index is -0.485. The van der Waals surface area contributed by atoms with Gasteiger partial charge >= 0.3 is 0 Å². The van der Waals surface area contributed by atoms with Gasteiger partial charge in [0.05, 0.1) is 12.8 Å². The van der Waals surface area contributed by atoms with E-state index in [9.17, 15) is 5.11 Å². The molecule has 1 aliphatic carbocycles. The first-order valence-corrected chi connectivity index (χ1v) is 6.80. The lowest BCUT2D eigenvalue weighted by Crippen LogP contribution is -2.21. The summed E-state index contributed by atoms with van der Waals surface area (Å²) in [6, 6.07) is 3.56. The van der Waals surface area contributed by atoms with E-state index < -0.39 is 6.10 Å². The topological polar surface area (TPSA) is 55.2 Å². The van der Waals surface area contributed by atoms with Gasteiger partial charge in [-0.25, -0.2) is 0 Å². The van der Waals surface area contributed by atoms with E-state index in [0.717, 1.165) is 18.8 Å². The molecule has 1 atom stereocenters. The third-order valence-electron chi connectivity index (χ3n) is 4.09. The average molecular weight is 250 g/mol. The van der Waals surface area contributed by atoms with Crippen molar-refractivity contribution >= 4 is 0 Å². The molecule has 0 amide bonds. The SMILES string of the molecule is CCC1CCC(C(O)c2ccc(OC)nn2)CC1. The third kappa shape index (κ3) is 2.99. The van der Waals surface area contributed by atoms with Gasteiger partial charge in [-0.3, -0.25) is 0 Å². The summed E-state index contributed by atoms with van der Waals surface area (Å²) in [5.41, 5.74) is 0.663. The largest absolute Gasteiger partial charge is 0.480 e. The second kappa shape index (κ2) is 6.14.